The molecule has 1 aromatic carbocycles. The van der Waals surface area contributed by atoms with Gasteiger partial charge in [-0.3, -0.25) is 0 Å². The van der Waals surface area contributed by atoms with Crippen LogP contribution >= 0.6 is 0 Å². The van der Waals surface area contributed by atoms with Crippen molar-refractivity contribution in [2.24, 2.45) is 0 Å². The minimum atomic E-state index is -0.732. The molecule has 0 bridgehead atoms. The molecule has 0 aromatic heterocycles. The summed E-state index contributed by atoms with van der Waals surface area (Å²) >= 11 is 0. The number of hydrogen-bond acceptors (Lipinski definition) is 4. The highest BCUT2D eigenvalue weighted by atomic mass is 16.6. The van der Waals surface area contributed by atoms with Crippen molar-refractivity contribution in [1.82, 2.24) is 5.32 Å². The highest BCUT2D eigenvalue weighted by Crippen LogP contribution is 2.16. The van der Waals surface area contributed by atoms with Crippen molar-refractivity contribution in [1.29, 1.82) is 0 Å². The van der Waals surface area contributed by atoms with Crippen molar-refractivity contribution < 1.29 is 19.1 Å². The van der Waals surface area contributed by atoms with Gasteiger partial charge in [-0.05, 0) is 85.8 Å². The fourth-order valence-corrected chi connectivity index (χ4v) is 2.64. The number of aryl methyl sites for hydroxylation is 3. The van der Waals surface area contributed by atoms with Crippen LogP contribution in [0.3, 0.4) is 0 Å². The van der Waals surface area contributed by atoms with Crippen molar-refractivity contribution in [2.75, 3.05) is 0 Å². The van der Waals surface area contributed by atoms with Gasteiger partial charge in [-0.2, -0.15) is 0 Å². The summed E-state index contributed by atoms with van der Waals surface area (Å²) in [6, 6.07) is 5.63. The molecule has 0 saturated heterocycles. The quantitative estimate of drug-likeness (QED) is 0.719. The molecule has 0 saturated carbocycles. The van der Waals surface area contributed by atoms with E-state index in [0.717, 1.165) is 12.8 Å². The van der Waals surface area contributed by atoms with E-state index >= 15 is 0 Å². The van der Waals surface area contributed by atoms with Gasteiger partial charge in [0.2, 0.25) is 0 Å². The summed E-state index contributed by atoms with van der Waals surface area (Å²) in [7, 11) is 0. The predicted molar refractivity (Wildman–Crippen MR) is 108 cm³/mol. The molecule has 27 heavy (non-hydrogen) atoms. The largest absolute Gasteiger partial charge is 0.458 e. The van der Waals surface area contributed by atoms with Gasteiger partial charge < -0.3 is 14.8 Å². The Kier molecular flexibility index (Phi) is 7.88. The fourth-order valence-electron chi connectivity index (χ4n) is 2.64. The van der Waals surface area contributed by atoms with Crippen molar-refractivity contribution in [2.45, 2.75) is 91.9 Å². The van der Waals surface area contributed by atoms with Crippen molar-refractivity contribution >= 4 is 12.1 Å². The first-order valence-corrected chi connectivity index (χ1v) is 9.55. The highest BCUT2D eigenvalue weighted by molar-refractivity contribution is 5.81. The molecule has 1 unspecified atom stereocenters. The van der Waals surface area contributed by atoms with E-state index in [1.165, 1.54) is 16.7 Å². The van der Waals surface area contributed by atoms with E-state index in [-0.39, 0.29) is 0 Å². The molecular formula is C22H35NO4. The Hall–Kier alpha value is -2.04. The lowest BCUT2D eigenvalue weighted by Gasteiger charge is -2.26. The van der Waals surface area contributed by atoms with Gasteiger partial charge >= 0.3 is 12.1 Å². The highest BCUT2D eigenvalue weighted by Gasteiger charge is 2.28. The number of alkyl carbamates (subject to hydrolysis) is 1. The summed E-state index contributed by atoms with van der Waals surface area (Å²) < 4.78 is 10.8. The maximum Gasteiger partial charge on any atom is 0.408 e. The summed E-state index contributed by atoms with van der Waals surface area (Å²) in [5, 5.41) is 2.67. The van der Waals surface area contributed by atoms with Crippen LogP contribution in [-0.2, 0) is 20.7 Å². The lowest BCUT2D eigenvalue weighted by atomic mass is 9.99. The second kappa shape index (κ2) is 9.25. The zero-order valence-corrected chi connectivity index (χ0v) is 18.1. The zero-order chi connectivity index (χ0) is 20.8. The number of amides is 1. The Balaban J connectivity index is 2.76. The van der Waals surface area contributed by atoms with Crippen LogP contribution in [0.2, 0.25) is 0 Å². The summed E-state index contributed by atoms with van der Waals surface area (Å²) in [4.78, 5) is 24.7. The SMILES string of the molecule is Cc1ccc(C)c(CCCC(NC(=O)OC(C)(C)C)C(=O)OC(C)(C)C)c1. The van der Waals surface area contributed by atoms with Crippen LogP contribution in [0.4, 0.5) is 4.79 Å². The van der Waals surface area contributed by atoms with E-state index in [4.69, 9.17) is 9.47 Å². The monoisotopic (exact) mass is 377 g/mol. The maximum absolute atomic E-state index is 12.5. The van der Waals surface area contributed by atoms with Gasteiger partial charge in [-0.15, -0.1) is 0 Å². The van der Waals surface area contributed by atoms with Crippen LogP contribution in [0, 0.1) is 13.8 Å². The first kappa shape index (κ1) is 23.0. The van der Waals surface area contributed by atoms with E-state index in [2.05, 4.69) is 37.4 Å². The van der Waals surface area contributed by atoms with E-state index in [0.29, 0.717) is 6.42 Å². The molecule has 0 aliphatic rings. The van der Waals surface area contributed by atoms with Gasteiger partial charge in [-0.1, -0.05) is 23.8 Å². The number of carbonyl (C=O) groups excluding carboxylic acids is 2. The maximum atomic E-state index is 12.5. The molecule has 5 heteroatoms. The topological polar surface area (TPSA) is 64.6 Å². The van der Waals surface area contributed by atoms with Crippen molar-refractivity contribution in [3.63, 3.8) is 0 Å². The van der Waals surface area contributed by atoms with Crippen LogP contribution < -0.4 is 5.32 Å². The average molecular weight is 378 g/mol. The minimum Gasteiger partial charge on any atom is -0.458 e. The smallest absolute Gasteiger partial charge is 0.408 e. The van der Waals surface area contributed by atoms with Crippen molar-refractivity contribution in [3.8, 4) is 0 Å². The first-order chi connectivity index (χ1) is 12.3. The molecule has 0 spiro atoms. The fraction of sp³-hybridized carbons (Fsp3) is 0.636. The molecule has 1 rings (SSSR count). The second-order valence-electron chi connectivity index (χ2n) is 9.05. The first-order valence-electron chi connectivity index (χ1n) is 9.55. The lowest BCUT2D eigenvalue weighted by molar-refractivity contribution is -0.157. The number of carbonyl (C=O) groups is 2. The lowest BCUT2D eigenvalue weighted by Crippen LogP contribution is -2.46. The molecule has 1 aromatic rings. The minimum absolute atomic E-state index is 0.436. The van der Waals surface area contributed by atoms with Crippen LogP contribution in [0.1, 0.15) is 71.1 Å². The molecule has 0 aliphatic heterocycles. The number of benzene rings is 1. The van der Waals surface area contributed by atoms with Crippen LogP contribution in [-0.4, -0.2) is 29.3 Å². The van der Waals surface area contributed by atoms with Gasteiger partial charge in [0.1, 0.15) is 17.2 Å². The van der Waals surface area contributed by atoms with E-state index in [9.17, 15) is 9.59 Å². The Morgan fingerprint density at radius 3 is 2.15 bits per heavy atom. The third-order valence-electron chi connectivity index (χ3n) is 3.83. The summed E-state index contributed by atoms with van der Waals surface area (Å²) in [5.41, 5.74) is 2.47. The van der Waals surface area contributed by atoms with Crippen LogP contribution in [0.15, 0.2) is 18.2 Å². The average Bonchev–Trinajstić information content (AvgIpc) is 2.46. The molecule has 0 aliphatic carbocycles. The number of ether oxygens (including phenoxy) is 2. The molecule has 0 radical (unpaired) electrons. The molecule has 5 nitrogen and oxygen atoms in total. The molecule has 1 amide bonds. The molecule has 0 heterocycles. The van der Waals surface area contributed by atoms with Crippen LogP contribution in [0.5, 0.6) is 0 Å². The van der Waals surface area contributed by atoms with Crippen molar-refractivity contribution in [3.05, 3.63) is 34.9 Å². The Morgan fingerprint density at radius 2 is 1.59 bits per heavy atom. The Labute approximate surface area is 163 Å². The number of esters is 1. The third kappa shape index (κ3) is 9.45. The predicted octanol–water partition coefficient (Wildman–Crippen LogP) is 4.86. The van der Waals surface area contributed by atoms with Gasteiger partial charge in [-0.25, -0.2) is 9.59 Å². The zero-order valence-electron chi connectivity index (χ0n) is 18.1. The summed E-state index contributed by atoms with van der Waals surface area (Å²) in [6.07, 6.45) is 1.47. The van der Waals surface area contributed by atoms with E-state index in [1.54, 1.807) is 20.8 Å². The van der Waals surface area contributed by atoms with Crippen LogP contribution in [0.25, 0.3) is 0 Å². The van der Waals surface area contributed by atoms with Gasteiger partial charge in [0, 0.05) is 0 Å². The Bertz CT molecular complexity index is 653. The van der Waals surface area contributed by atoms with E-state index in [1.807, 2.05) is 20.8 Å². The standard InChI is InChI=1S/C22H35NO4/c1-15-12-13-16(2)17(14-15)10-9-11-18(19(24)26-21(3,4)5)23-20(25)27-22(6,7)8/h12-14,18H,9-11H2,1-8H3,(H,23,25). The Morgan fingerprint density at radius 1 is 1.00 bits per heavy atom. The van der Waals surface area contributed by atoms with Gasteiger partial charge in [0.15, 0.2) is 0 Å². The molecular weight excluding hydrogens is 342 g/mol. The molecule has 1 N–H and O–H groups in total. The number of hydrogen-bond donors (Lipinski definition) is 1. The summed E-state index contributed by atoms with van der Waals surface area (Å²) in [5.74, 6) is -0.436. The normalized spacial score (nSPS) is 13.0. The van der Waals surface area contributed by atoms with E-state index < -0.39 is 29.3 Å². The summed E-state index contributed by atoms with van der Waals surface area (Å²) in [6.45, 7) is 14.9. The number of nitrogens with one attached hydrogen (secondary N) is 1. The number of rotatable bonds is 6. The van der Waals surface area contributed by atoms with Gasteiger partial charge in [0.05, 0.1) is 0 Å². The molecule has 152 valence electrons. The molecule has 1 atom stereocenters. The van der Waals surface area contributed by atoms with Gasteiger partial charge in [0.25, 0.3) is 0 Å². The third-order valence-corrected chi connectivity index (χ3v) is 3.83. The molecule has 0 fully saturated rings. The second-order valence-corrected chi connectivity index (χ2v) is 9.05.